The van der Waals surface area contributed by atoms with Gasteiger partial charge in [0.15, 0.2) is 0 Å². The second-order valence-corrected chi connectivity index (χ2v) is 9.30. The van der Waals surface area contributed by atoms with E-state index in [1.165, 1.54) is 12.3 Å². The van der Waals surface area contributed by atoms with Crippen molar-refractivity contribution in [1.82, 2.24) is 20.5 Å². The number of hydrogen-bond donors (Lipinski definition) is 2. The summed E-state index contributed by atoms with van der Waals surface area (Å²) < 4.78 is 27.3. The molecule has 3 aromatic rings. The monoisotopic (exact) mass is 515 g/mol. The van der Waals surface area contributed by atoms with Crippen LogP contribution in [0.5, 0.6) is 0 Å². The number of amides is 3. The number of pyridine rings is 1. The molecule has 1 fully saturated rings. The Morgan fingerprint density at radius 2 is 1.95 bits per heavy atom. The number of likely N-dealkylation sites (tertiary alicyclic amines) is 1. The molecule has 3 heterocycles. The molecule has 0 aliphatic carbocycles. The normalized spacial score (nSPS) is 18.2. The Balaban J connectivity index is 1.32. The van der Waals surface area contributed by atoms with Gasteiger partial charge < -0.3 is 15.5 Å². The van der Waals surface area contributed by atoms with Crippen LogP contribution in [-0.2, 0) is 11.2 Å². The van der Waals surface area contributed by atoms with Crippen molar-refractivity contribution in [2.24, 2.45) is 0 Å². The molecule has 0 unspecified atom stereocenters. The molecule has 0 radical (unpaired) electrons. The molecule has 2 aromatic carbocycles. The van der Waals surface area contributed by atoms with Gasteiger partial charge in [0.05, 0.1) is 30.2 Å². The summed E-state index contributed by atoms with van der Waals surface area (Å²) in [5.74, 6) is -4.50. The molecule has 0 saturated carbocycles. The van der Waals surface area contributed by atoms with Gasteiger partial charge in [0.1, 0.15) is 6.04 Å². The fourth-order valence-electron chi connectivity index (χ4n) is 4.76. The third kappa shape index (κ3) is 5.09. The zero-order valence-corrected chi connectivity index (χ0v) is 20.2. The number of hydrogen-bond acceptors (Lipinski definition) is 5. The Labute approximate surface area is 217 Å². The summed E-state index contributed by atoms with van der Waals surface area (Å²) in [6.45, 7) is -0.741. The van der Waals surface area contributed by atoms with E-state index >= 15 is 0 Å². The van der Waals surface area contributed by atoms with Crippen LogP contribution in [0.2, 0.25) is 0 Å². The van der Waals surface area contributed by atoms with E-state index < -0.39 is 43.3 Å². The van der Waals surface area contributed by atoms with Crippen LogP contribution in [-0.4, -0.2) is 59.2 Å². The highest BCUT2D eigenvalue weighted by Gasteiger charge is 2.47. The van der Waals surface area contributed by atoms with E-state index in [1.54, 1.807) is 24.3 Å². The molecule has 3 amide bonds. The number of nitriles is 1. The Kier molecular flexibility index (Phi) is 6.59. The minimum absolute atomic E-state index is 0.0698. The number of aromatic nitrogens is 1. The number of alkyl halides is 2. The molecule has 10 heteroatoms. The van der Waals surface area contributed by atoms with Crippen molar-refractivity contribution in [2.75, 3.05) is 19.6 Å². The van der Waals surface area contributed by atoms with Crippen molar-refractivity contribution in [2.45, 2.75) is 24.8 Å². The lowest BCUT2D eigenvalue weighted by atomic mass is 9.97. The minimum atomic E-state index is -3.13. The second kappa shape index (κ2) is 10.0. The number of nitrogens with one attached hydrogen (secondary N) is 2. The summed E-state index contributed by atoms with van der Waals surface area (Å²) in [6.07, 6.45) is 5.33. The van der Waals surface area contributed by atoms with Crippen molar-refractivity contribution in [3.05, 3.63) is 76.5 Å². The smallest absolute Gasteiger partial charge is 0.268 e. The van der Waals surface area contributed by atoms with Crippen LogP contribution in [0.3, 0.4) is 0 Å². The molecule has 1 aromatic heterocycles. The molecule has 38 heavy (non-hydrogen) atoms. The molecule has 0 bridgehead atoms. The van der Waals surface area contributed by atoms with Gasteiger partial charge in [0.25, 0.3) is 17.7 Å². The van der Waals surface area contributed by atoms with Crippen LogP contribution >= 0.6 is 0 Å². The Bertz CT molecular complexity index is 1530. The number of rotatable bonds is 5. The number of nitrogens with zero attached hydrogens (tertiary/aromatic N) is 3. The molecule has 2 aliphatic rings. The molecule has 0 spiro atoms. The maximum absolute atomic E-state index is 13.7. The number of carbonyl (C=O) groups is 3. The van der Waals surface area contributed by atoms with Crippen LogP contribution in [0.1, 0.15) is 43.8 Å². The highest BCUT2D eigenvalue weighted by Crippen LogP contribution is 2.31. The molecule has 1 saturated heterocycles. The van der Waals surface area contributed by atoms with E-state index in [1.807, 2.05) is 30.4 Å². The molecular formula is C28H23F2N5O3. The summed E-state index contributed by atoms with van der Waals surface area (Å²) in [4.78, 5) is 42.5. The van der Waals surface area contributed by atoms with Gasteiger partial charge in [0, 0.05) is 30.1 Å². The summed E-state index contributed by atoms with van der Waals surface area (Å²) >= 11 is 0. The molecular weight excluding hydrogens is 492 g/mol. The Morgan fingerprint density at radius 3 is 2.74 bits per heavy atom. The summed E-state index contributed by atoms with van der Waals surface area (Å²) in [5.41, 5.74) is 4.27. The van der Waals surface area contributed by atoms with Crippen molar-refractivity contribution >= 4 is 40.8 Å². The average molecular weight is 516 g/mol. The zero-order chi connectivity index (χ0) is 26.9. The molecule has 192 valence electrons. The van der Waals surface area contributed by atoms with Crippen molar-refractivity contribution in [1.29, 1.82) is 5.26 Å². The first kappa shape index (κ1) is 25.0. The van der Waals surface area contributed by atoms with Crippen LogP contribution in [0.15, 0.2) is 48.7 Å². The predicted molar refractivity (Wildman–Crippen MR) is 136 cm³/mol. The largest absolute Gasteiger partial charge is 0.352 e. The fraction of sp³-hybridized carbons (Fsp3) is 0.250. The first-order valence-corrected chi connectivity index (χ1v) is 12.1. The SMILES string of the molecule is N#C[C@@H]1CC(F)(F)CN1C(=O)CNC(=O)c1ccnc2ccc(/C=C/c3ccc4c(c3)CCNC4=O)cc12. The van der Waals surface area contributed by atoms with E-state index in [4.69, 9.17) is 5.26 Å². The number of halogens is 2. The third-order valence-corrected chi connectivity index (χ3v) is 6.67. The highest BCUT2D eigenvalue weighted by molar-refractivity contribution is 6.07. The van der Waals surface area contributed by atoms with Crippen LogP contribution in [0.4, 0.5) is 8.78 Å². The van der Waals surface area contributed by atoms with Gasteiger partial charge >= 0.3 is 0 Å². The van der Waals surface area contributed by atoms with E-state index in [9.17, 15) is 23.2 Å². The highest BCUT2D eigenvalue weighted by atomic mass is 19.3. The lowest BCUT2D eigenvalue weighted by molar-refractivity contribution is -0.131. The first-order chi connectivity index (χ1) is 18.2. The van der Waals surface area contributed by atoms with Gasteiger partial charge in [-0.05, 0) is 47.4 Å². The summed E-state index contributed by atoms with van der Waals surface area (Å²) in [6, 6.07) is 13.1. The van der Waals surface area contributed by atoms with Crippen LogP contribution in [0.25, 0.3) is 23.1 Å². The number of benzene rings is 2. The second-order valence-electron chi connectivity index (χ2n) is 9.30. The van der Waals surface area contributed by atoms with Crippen LogP contribution in [0, 0.1) is 11.3 Å². The quantitative estimate of drug-likeness (QED) is 0.507. The molecule has 8 nitrogen and oxygen atoms in total. The van der Waals surface area contributed by atoms with Crippen LogP contribution < -0.4 is 10.6 Å². The van der Waals surface area contributed by atoms with Gasteiger partial charge in [-0.15, -0.1) is 0 Å². The average Bonchev–Trinajstić information content (AvgIpc) is 3.24. The van der Waals surface area contributed by atoms with Gasteiger partial charge in [0.2, 0.25) is 5.91 Å². The molecule has 1 atom stereocenters. The standard InChI is InChI=1S/C28H23F2N5O3/c29-28(30)13-20(14-31)35(16-28)25(36)15-34-27(38)22-8-10-32-24-6-4-18(12-23(22)24)2-1-17-3-5-21-19(11-17)7-9-33-26(21)37/h1-6,8,10-12,20H,7,9,13,15-16H2,(H,33,37)(H,34,38)/b2-1+/t20-/m0/s1. The lowest BCUT2D eigenvalue weighted by Gasteiger charge is -2.19. The molecule has 2 N–H and O–H groups in total. The number of carbonyl (C=O) groups excluding carboxylic acids is 3. The molecule has 2 aliphatic heterocycles. The third-order valence-electron chi connectivity index (χ3n) is 6.67. The van der Waals surface area contributed by atoms with Gasteiger partial charge in [-0.3, -0.25) is 19.4 Å². The fourth-order valence-corrected chi connectivity index (χ4v) is 4.76. The topological polar surface area (TPSA) is 115 Å². The summed E-state index contributed by atoms with van der Waals surface area (Å²) in [5, 5.41) is 15.0. The maximum Gasteiger partial charge on any atom is 0.268 e. The van der Waals surface area contributed by atoms with E-state index in [0.29, 0.717) is 23.0 Å². The summed E-state index contributed by atoms with van der Waals surface area (Å²) in [7, 11) is 0. The molecule has 5 rings (SSSR count). The predicted octanol–water partition coefficient (Wildman–Crippen LogP) is 3.18. The van der Waals surface area contributed by atoms with Gasteiger partial charge in [-0.25, -0.2) is 8.78 Å². The van der Waals surface area contributed by atoms with Gasteiger partial charge in [-0.1, -0.05) is 30.4 Å². The number of fused-ring (bicyclic) bond motifs is 2. The van der Waals surface area contributed by atoms with E-state index in [2.05, 4.69) is 15.6 Å². The van der Waals surface area contributed by atoms with E-state index in [0.717, 1.165) is 28.0 Å². The van der Waals surface area contributed by atoms with Crippen molar-refractivity contribution in [3.8, 4) is 6.07 Å². The maximum atomic E-state index is 13.7. The van der Waals surface area contributed by atoms with Gasteiger partial charge in [-0.2, -0.15) is 5.26 Å². The first-order valence-electron chi connectivity index (χ1n) is 12.1. The Morgan fingerprint density at radius 1 is 1.18 bits per heavy atom. The van der Waals surface area contributed by atoms with Crippen molar-refractivity contribution < 1.29 is 23.2 Å². The lowest BCUT2D eigenvalue weighted by Crippen LogP contribution is -2.43. The Hall–Kier alpha value is -4.65. The minimum Gasteiger partial charge on any atom is -0.352 e. The van der Waals surface area contributed by atoms with E-state index in [-0.39, 0.29) is 11.5 Å². The van der Waals surface area contributed by atoms with Crippen molar-refractivity contribution in [3.63, 3.8) is 0 Å². The zero-order valence-electron chi connectivity index (χ0n) is 20.2.